The minimum atomic E-state index is -0.590. The first-order chi connectivity index (χ1) is 14.1. The first kappa shape index (κ1) is 18.4. The Bertz CT molecular complexity index is 1260. The van der Waals surface area contributed by atoms with Gasteiger partial charge in [0.1, 0.15) is 12.3 Å². The van der Waals surface area contributed by atoms with Crippen molar-refractivity contribution in [1.82, 2.24) is 24.4 Å². The molecule has 1 N–H and O–H groups in total. The quantitative estimate of drug-likeness (QED) is 0.523. The van der Waals surface area contributed by atoms with Gasteiger partial charge in [-0.3, -0.25) is 23.7 Å². The van der Waals surface area contributed by atoms with Crippen molar-refractivity contribution in [3.8, 4) is 0 Å². The molecule has 0 spiro atoms. The number of hydrogen-bond acceptors (Lipinski definition) is 6. The molecule has 0 aliphatic heterocycles. The van der Waals surface area contributed by atoms with Crippen molar-refractivity contribution in [3.63, 3.8) is 0 Å². The van der Waals surface area contributed by atoms with E-state index in [4.69, 9.17) is 4.42 Å². The molecule has 0 aliphatic carbocycles. The molecule has 0 atom stereocenters. The molecule has 4 aromatic heterocycles. The zero-order chi connectivity index (χ0) is 20.2. The van der Waals surface area contributed by atoms with Crippen LogP contribution >= 0.6 is 0 Å². The fourth-order valence-corrected chi connectivity index (χ4v) is 3.01. The maximum atomic E-state index is 13.1. The van der Waals surface area contributed by atoms with Gasteiger partial charge in [-0.1, -0.05) is 6.07 Å². The van der Waals surface area contributed by atoms with Crippen molar-refractivity contribution in [2.75, 3.05) is 0 Å². The fraction of sp³-hybridized carbons (Fsp3) is 0.150. The summed E-state index contributed by atoms with van der Waals surface area (Å²) >= 11 is 0. The van der Waals surface area contributed by atoms with Crippen molar-refractivity contribution in [1.29, 1.82) is 0 Å². The number of aromatic nitrogens is 4. The van der Waals surface area contributed by atoms with Crippen LogP contribution in [0.4, 0.5) is 0 Å². The standard InChI is InChI=1S/C20H17N5O4/c26-17(23-11-15-5-3-9-29-15)13-24-16-6-2-8-22-18(16)19(27)25(20(24)28)12-14-4-1-7-21-10-14/h1-10H,11-13H2,(H,23,26). The Morgan fingerprint density at radius 3 is 2.69 bits per heavy atom. The molecule has 0 unspecified atom stereocenters. The molecule has 0 saturated heterocycles. The van der Waals surface area contributed by atoms with Crippen LogP contribution in [0, 0.1) is 0 Å². The van der Waals surface area contributed by atoms with Gasteiger partial charge in [0.15, 0.2) is 5.52 Å². The lowest BCUT2D eigenvalue weighted by Crippen LogP contribution is -2.43. The van der Waals surface area contributed by atoms with Crippen LogP contribution in [-0.2, 0) is 24.4 Å². The fourth-order valence-electron chi connectivity index (χ4n) is 3.01. The first-order valence-corrected chi connectivity index (χ1v) is 8.90. The third-order valence-corrected chi connectivity index (χ3v) is 4.39. The lowest BCUT2D eigenvalue weighted by molar-refractivity contribution is -0.121. The predicted molar refractivity (Wildman–Crippen MR) is 104 cm³/mol. The lowest BCUT2D eigenvalue weighted by atomic mass is 10.3. The maximum absolute atomic E-state index is 13.1. The summed E-state index contributed by atoms with van der Waals surface area (Å²) in [6.45, 7) is -0.0207. The van der Waals surface area contributed by atoms with Crippen LogP contribution in [0.25, 0.3) is 11.0 Å². The van der Waals surface area contributed by atoms with E-state index in [0.29, 0.717) is 16.8 Å². The van der Waals surface area contributed by atoms with E-state index < -0.39 is 11.2 Å². The SMILES string of the molecule is O=C(Cn1c(=O)n(Cc2cccnc2)c(=O)c2ncccc21)NCc1ccco1. The second-order valence-corrected chi connectivity index (χ2v) is 6.35. The van der Waals surface area contributed by atoms with Gasteiger partial charge in [0.25, 0.3) is 5.56 Å². The number of nitrogens with one attached hydrogen (secondary N) is 1. The largest absolute Gasteiger partial charge is 0.467 e. The number of amides is 1. The van der Waals surface area contributed by atoms with E-state index >= 15 is 0 Å². The number of hydrogen-bond donors (Lipinski definition) is 1. The van der Waals surface area contributed by atoms with Crippen LogP contribution in [0.1, 0.15) is 11.3 Å². The number of nitrogens with zero attached hydrogens (tertiary/aromatic N) is 4. The summed E-state index contributed by atoms with van der Waals surface area (Å²) in [6, 6.07) is 10.2. The summed E-state index contributed by atoms with van der Waals surface area (Å²) in [7, 11) is 0. The molecule has 1 amide bonds. The third kappa shape index (κ3) is 3.84. The molecule has 0 radical (unpaired) electrons. The monoisotopic (exact) mass is 391 g/mol. The molecule has 146 valence electrons. The van der Waals surface area contributed by atoms with Gasteiger partial charge in [0.05, 0.1) is 24.9 Å². The molecule has 29 heavy (non-hydrogen) atoms. The summed E-state index contributed by atoms with van der Waals surface area (Å²) in [6.07, 6.45) is 6.17. The summed E-state index contributed by atoms with van der Waals surface area (Å²) in [5.41, 5.74) is 0.0120. The van der Waals surface area contributed by atoms with E-state index in [1.54, 1.807) is 48.8 Å². The highest BCUT2D eigenvalue weighted by atomic mass is 16.3. The molecular formula is C20H17N5O4. The molecule has 4 rings (SSSR count). The van der Waals surface area contributed by atoms with Crippen LogP contribution in [0.3, 0.4) is 0 Å². The van der Waals surface area contributed by atoms with Crippen LogP contribution in [0.5, 0.6) is 0 Å². The van der Waals surface area contributed by atoms with E-state index in [1.807, 2.05) is 0 Å². The molecule has 9 nitrogen and oxygen atoms in total. The highest BCUT2D eigenvalue weighted by Gasteiger charge is 2.16. The van der Waals surface area contributed by atoms with Crippen molar-refractivity contribution >= 4 is 16.9 Å². The third-order valence-electron chi connectivity index (χ3n) is 4.39. The Morgan fingerprint density at radius 1 is 1.07 bits per heavy atom. The summed E-state index contributed by atoms with van der Waals surface area (Å²) < 4.78 is 7.49. The second kappa shape index (κ2) is 7.93. The normalized spacial score (nSPS) is 10.9. The Labute approximate surface area is 164 Å². The Morgan fingerprint density at radius 2 is 1.93 bits per heavy atom. The van der Waals surface area contributed by atoms with E-state index in [1.165, 1.54) is 17.0 Å². The minimum Gasteiger partial charge on any atom is -0.467 e. The zero-order valence-corrected chi connectivity index (χ0v) is 15.3. The highest BCUT2D eigenvalue weighted by Crippen LogP contribution is 2.06. The number of rotatable bonds is 6. The van der Waals surface area contributed by atoms with Crippen molar-refractivity contribution in [2.24, 2.45) is 0 Å². The highest BCUT2D eigenvalue weighted by molar-refractivity contribution is 5.79. The molecule has 9 heteroatoms. The maximum Gasteiger partial charge on any atom is 0.332 e. The smallest absolute Gasteiger partial charge is 0.332 e. The Hall–Kier alpha value is -4.01. The Kier molecular flexibility index (Phi) is 5.02. The number of pyridine rings is 2. The van der Waals surface area contributed by atoms with Gasteiger partial charge < -0.3 is 9.73 Å². The minimum absolute atomic E-state index is 0.0338. The molecule has 0 fully saturated rings. The summed E-state index contributed by atoms with van der Waals surface area (Å²) in [5, 5.41) is 2.70. The van der Waals surface area contributed by atoms with Gasteiger partial charge in [0.2, 0.25) is 5.91 Å². The second-order valence-electron chi connectivity index (χ2n) is 6.35. The Balaban J connectivity index is 1.71. The van der Waals surface area contributed by atoms with Gasteiger partial charge in [-0.05, 0) is 35.9 Å². The molecule has 0 bridgehead atoms. The average Bonchev–Trinajstić information content (AvgIpc) is 3.27. The van der Waals surface area contributed by atoms with Crippen molar-refractivity contribution < 1.29 is 9.21 Å². The first-order valence-electron chi connectivity index (χ1n) is 8.90. The van der Waals surface area contributed by atoms with Crippen LogP contribution in [0.15, 0.2) is 75.3 Å². The van der Waals surface area contributed by atoms with Crippen molar-refractivity contribution in [2.45, 2.75) is 19.6 Å². The van der Waals surface area contributed by atoms with E-state index in [9.17, 15) is 14.4 Å². The molecule has 4 aromatic rings. The van der Waals surface area contributed by atoms with Gasteiger partial charge in [0, 0.05) is 18.6 Å². The van der Waals surface area contributed by atoms with Crippen LogP contribution in [-0.4, -0.2) is 25.0 Å². The van der Waals surface area contributed by atoms with Gasteiger partial charge in [-0.15, -0.1) is 0 Å². The van der Waals surface area contributed by atoms with E-state index in [-0.39, 0.29) is 31.1 Å². The number of furan rings is 1. The predicted octanol–water partition coefficient (Wildman–Crippen LogP) is 0.911. The molecule has 0 saturated carbocycles. The topological polar surface area (TPSA) is 112 Å². The summed E-state index contributed by atoms with van der Waals surface area (Å²) in [5.74, 6) is 0.207. The van der Waals surface area contributed by atoms with E-state index in [2.05, 4.69) is 15.3 Å². The average molecular weight is 391 g/mol. The van der Waals surface area contributed by atoms with Gasteiger partial charge in [-0.25, -0.2) is 9.78 Å². The van der Waals surface area contributed by atoms with Crippen LogP contribution < -0.4 is 16.6 Å². The molecular weight excluding hydrogens is 374 g/mol. The molecule has 0 aromatic carbocycles. The van der Waals surface area contributed by atoms with Gasteiger partial charge in [-0.2, -0.15) is 0 Å². The zero-order valence-electron chi connectivity index (χ0n) is 15.3. The van der Waals surface area contributed by atoms with Crippen molar-refractivity contribution in [3.05, 3.63) is 93.4 Å². The van der Waals surface area contributed by atoms with Crippen LogP contribution in [0.2, 0.25) is 0 Å². The number of carbonyl (C=O) groups excluding carboxylic acids is 1. The lowest BCUT2D eigenvalue weighted by Gasteiger charge is -2.13. The van der Waals surface area contributed by atoms with Gasteiger partial charge >= 0.3 is 5.69 Å². The number of carbonyl (C=O) groups is 1. The van der Waals surface area contributed by atoms with E-state index in [0.717, 1.165) is 4.57 Å². The molecule has 4 heterocycles. The summed E-state index contributed by atoms with van der Waals surface area (Å²) in [4.78, 5) is 46.4. The number of fused-ring (bicyclic) bond motifs is 1. The molecule has 0 aliphatic rings.